The van der Waals surface area contributed by atoms with Crippen LogP contribution >= 0.6 is 0 Å². The van der Waals surface area contributed by atoms with E-state index in [2.05, 4.69) is 14.0 Å². The van der Waals surface area contributed by atoms with E-state index in [1.54, 1.807) is 0 Å². The minimum atomic E-state index is -1.28. The highest BCUT2D eigenvalue weighted by Gasteiger charge is 2.20. The lowest BCUT2D eigenvalue weighted by molar-refractivity contribution is 0.493. The highest BCUT2D eigenvalue weighted by Crippen LogP contribution is 1.73. The Morgan fingerprint density at radius 3 is 1.10 bits per heavy atom. The normalized spacial score (nSPS) is 8.43. The van der Waals surface area contributed by atoms with Crippen LogP contribution in [0.15, 0.2) is 14.4 Å². The predicted octanol–water partition coefficient (Wildman–Crippen LogP) is -4.19. The Bertz CT molecular complexity index is 681. The third-order valence-electron chi connectivity index (χ3n) is 1.87. The Balaban J connectivity index is 3.52. The zero-order valence-corrected chi connectivity index (χ0v) is 9.86. The van der Waals surface area contributed by atoms with E-state index in [1.807, 2.05) is 0 Å². The zero-order valence-electron chi connectivity index (χ0n) is 9.86. The first-order valence-electron chi connectivity index (χ1n) is 4.72. The van der Waals surface area contributed by atoms with Crippen molar-refractivity contribution in [3.8, 4) is 18.8 Å². The number of nitriles is 3. The maximum atomic E-state index is 11.8. The molecule has 0 fully saturated rings. The Kier molecular flexibility index (Phi) is 5.30. The summed E-state index contributed by atoms with van der Waals surface area (Å²) in [5.74, 6) is 0. The second kappa shape index (κ2) is 7.16. The maximum absolute atomic E-state index is 11.8. The summed E-state index contributed by atoms with van der Waals surface area (Å²) in [6.45, 7) is 0. The fraction of sp³-hybridized carbons (Fsp3) is 0. The van der Waals surface area contributed by atoms with Gasteiger partial charge in [0.1, 0.15) is 0 Å². The van der Waals surface area contributed by atoms with E-state index in [1.165, 1.54) is 18.8 Å². The second-order valence-corrected chi connectivity index (χ2v) is 2.90. The predicted molar refractivity (Wildman–Crippen MR) is 62.8 cm³/mol. The van der Waals surface area contributed by atoms with Gasteiger partial charge >= 0.3 is 39.9 Å². The topological polar surface area (TPSA) is 165 Å². The van der Waals surface area contributed by atoms with Gasteiger partial charge in [0.05, 0.1) is 0 Å². The van der Waals surface area contributed by atoms with Gasteiger partial charge in [-0.1, -0.05) is 0 Å². The molecule has 1 rings (SSSR count). The Labute approximate surface area is 117 Å². The first-order chi connectivity index (χ1) is 10.1. The number of rotatable bonds is 6. The minimum Gasteiger partial charge on any atom is -0.473 e. The molecule has 0 aliphatic heterocycles. The van der Waals surface area contributed by atoms with Crippen molar-refractivity contribution >= 4 is 22.9 Å². The standard InChI is InChI=1S/C6B3N6O6/c10-1-19-7-13-4(16)14(8-20-2-11)6(18)15(5(13)17)9-21-3-12. The molecule has 0 unspecified atom stereocenters. The SMILES string of the molecule is N#CO[B]n1c(=O)n([B]OC#N)c(=O)n([B]OC#N)c1=O. The monoisotopic (exact) mass is 285 g/mol. The second-order valence-electron chi connectivity index (χ2n) is 2.90. The van der Waals surface area contributed by atoms with Crippen LogP contribution in [-0.2, 0) is 14.0 Å². The molecule has 1 aromatic rings. The smallest absolute Gasteiger partial charge is 0.473 e. The van der Waals surface area contributed by atoms with Crippen LogP contribution in [0.2, 0.25) is 0 Å². The van der Waals surface area contributed by atoms with E-state index in [4.69, 9.17) is 15.8 Å². The van der Waals surface area contributed by atoms with Gasteiger partial charge in [0.15, 0.2) is 0 Å². The summed E-state index contributed by atoms with van der Waals surface area (Å²) in [6.07, 6.45) is 3.52. The molecule has 0 atom stereocenters. The van der Waals surface area contributed by atoms with Crippen LogP contribution in [0.1, 0.15) is 0 Å². The van der Waals surface area contributed by atoms with Gasteiger partial charge in [-0.3, -0.25) is 13.4 Å². The summed E-state index contributed by atoms with van der Waals surface area (Å²) in [5.41, 5.74) is -3.84. The third-order valence-corrected chi connectivity index (χ3v) is 1.87. The number of hydrogen-bond donors (Lipinski definition) is 0. The van der Waals surface area contributed by atoms with Crippen LogP contribution in [0.25, 0.3) is 0 Å². The summed E-state index contributed by atoms with van der Waals surface area (Å²) in [5, 5.41) is 24.7. The van der Waals surface area contributed by atoms with Crippen molar-refractivity contribution in [2.24, 2.45) is 0 Å². The maximum Gasteiger partial charge on any atom is 0.544 e. The van der Waals surface area contributed by atoms with Crippen LogP contribution in [0.5, 0.6) is 0 Å². The van der Waals surface area contributed by atoms with Crippen LogP contribution in [0.4, 0.5) is 0 Å². The van der Waals surface area contributed by atoms with Crippen LogP contribution < -0.4 is 17.1 Å². The van der Waals surface area contributed by atoms with Gasteiger partial charge in [-0.2, -0.15) is 15.8 Å². The van der Waals surface area contributed by atoms with E-state index < -0.39 is 17.1 Å². The number of nitrogens with zero attached hydrogens (tertiary/aromatic N) is 6. The molecule has 12 nitrogen and oxygen atoms in total. The van der Waals surface area contributed by atoms with Gasteiger partial charge in [0, 0.05) is 0 Å². The molecule has 0 aliphatic carbocycles. The molecule has 3 radical (unpaired) electrons. The summed E-state index contributed by atoms with van der Waals surface area (Å²) in [6, 6.07) is 0. The van der Waals surface area contributed by atoms with Crippen molar-refractivity contribution in [1.82, 2.24) is 13.4 Å². The van der Waals surface area contributed by atoms with E-state index in [0.717, 1.165) is 0 Å². The lowest BCUT2D eigenvalue weighted by Crippen LogP contribution is -2.58. The fourth-order valence-electron chi connectivity index (χ4n) is 1.09. The molecule has 0 bridgehead atoms. The average molecular weight is 285 g/mol. The number of aromatic nitrogens is 3. The van der Waals surface area contributed by atoms with Crippen molar-refractivity contribution < 1.29 is 14.0 Å². The van der Waals surface area contributed by atoms with Crippen molar-refractivity contribution in [2.75, 3.05) is 0 Å². The molecule has 0 N–H and O–H groups in total. The van der Waals surface area contributed by atoms with Crippen LogP contribution in [-0.4, -0.2) is 36.3 Å². The van der Waals surface area contributed by atoms with Gasteiger partial charge in [-0.25, -0.2) is 14.4 Å². The molecule has 0 saturated carbocycles. The van der Waals surface area contributed by atoms with E-state index in [-0.39, 0.29) is 13.4 Å². The summed E-state index contributed by atoms with van der Waals surface area (Å²) < 4.78 is 13.0. The third kappa shape index (κ3) is 3.27. The molecule has 15 heteroatoms. The molecule has 21 heavy (non-hydrogen) atoms. The molecule has 0 saturated heterocycles. The van der Waals surface area contributed by atoms with Gasteiger partial charge < -0.3 is 14.0 Å². The minimum absolute atomic E-state index is 0.207. The van der Waals surface area contributed by atoms with E-state index in [9.17, 15) is 14.4 Å². The fourth-order valence-corrected chi connectivity index (χ4v) is 1.09. The Morgan fingerprint density at radius 1 is 0.667 bits per heavy atom. The summed E-state index contributed by atoms with van der Waals surface area (Å²) in [4.78, 5) is 35.4. The molecule has 1 aromatic heterocycles. The first-order valence-corrected chi connectivity index (χ1v) is 4.72. The van der Waals surface area contributed by atoms with Gasteiger partial charge in [0.25, 0.3) is 18.8 Å². The molecular weight excluding hydrogens is 285 g/mol. The van der Waals surface area contributed by atoms with Crippen molar-refractivity contribution in [3.63, 3.8) is 0 Å². The Morgan fingerprint density at radius 2 is 0.905 bits per heavy atom. The Hall–Kier alpha value is -3.53. The van der Waals surface area contributed by atoms with E-state index >= 15 is 0 Å². The van der Waals surface area contributed by atoms with Crippen molar-refractivity contribution in [3.05, 3.63) is 31.5 Å². The van der Waals surface area contributed by atoms with Crippen LogP contribution in [0.3, 0.4) is 0 Å². The van der Waals surface area contributed by atoms with Gasteiger partial charge in [-0.15, -0.1) is 0 Å². The summed E-state index contributed by atoms with van der Waals surface area (Å²) >= 11 is 0. The molecule has 0 aliphatic rings. The largest absolute Gasteiger partial charge is 0.544 e. The molecular formula is C6B3N6O6. The first kappa shape index (κ1) is 15.5. The molecule has 0 spiro atoms. The molecule has 0 aromatic carbocycles. The highest BCUT2D eigenvalue weighted by molar-refractivity contribution is 6.28. The average Bonchev–Trinajstić information content (AvgIpc) is 2.47. The van der Waals surface area contributed by atoms with Crippen molar-refractivity contribution in [1.29, 1.82) is 15.8 Å². The van der Waals surface area contributed by atoms with E-state index in [0.29, 0.717) is 22.9 Å². The van der Waals surface area contributed by atoms with Gasteiger partial charge in [0.2, 0.25) is 0 Å². The summed E-state index contributed by atoms with van der Waals surface area (Å²) in [7, 11) is 1.24. The zero-order chi connectivity index (χ0) is 15.8. The molecule has 99 valence electrons. The lowest BCUT2D eigenvalue weighted by atomic mass is 10.2. The van der Waals surface area contributed by atoms with Crippen LogP contribution in [0, 0.1) is 34.6 Å². The molecule has 1 heterocycles. The van der Waals surface area contributed by atoms with Gasteiger partial charge in [-0.05, 0) is 0 Å². The highest BCUT2D eigenvalue weighted by atomic mass is 16.4. The van der Waals surface area contributed by atoms with Crippen molar-refractivity contribution in [2.45, 2.75) is 0 Å². The quantitative estimate of drug-likeness (QED) is 0.372. The number of hydrogen-bond acceptors (Lipinski definition) is 9. The lowest BCUT2D eigenvalue weighted by Gasteiger charge is -2.08. The molecule has 0 amide bonds.